The van der Waals surface area contributed by atoms with E-state index >= 15 is 0 Å². The summed E-state index contributed by atoms with van der Waals surface area (Å²) in [6, 6.07) is 8.44. The van der Waals surface area contributed by atoms with Crippen LogP contribution in [0.15, 0.2) is 24.3 Å². The predicted molar refractivity (Wildman–Crippen MR) is 80.1 cm³/mol. The van der Waals surface area contributed by atoms with Gasteiger partial charge in [-0.05, 0) is 24.0 Å². The van der Waals surface area contributed by atoms with Gasteiger partial charge >= 0.3 is 0 Å². The van der Waals surface area contributed by atoms with Crippen LogP contribution < -0.4 is 0 Å². The van der Waals surface area contributed by atoms with Crippen molar-refractivity contribution in [2.24, 2.45) is 0 Å². The van der Waals surface area contributed by atoms with Crippen LogP contribution in [0.4, 0.5) is 0 Å². The molecule has 1 aromatic carbocycles. The predicted octanol–water partition coefficient (Wildman–Crippen LogP) is 2.69. The third-order valence-corrected chi connectivity index (χ3v) is 4.13. The van der Waals surface area contributed by atoms with Crippen molar-refractivity contribution < 1.29 is 4.79 Å². The van der Waals surface area contributed by atoms with Crippen molar-refractivity contribution in [1.82, 2.24) is 20.1 Å². The van der Waals surface area contributed by atoms with Gasteiger partial charge in [-0.1, -0.05) is 38.1 Å². The Hall–Kier alpha value is -2.17. The zero-order chi connectivity index (χ0) is 15.0. The molecule has 0 saturated carbocycles. The maximum absolute atomic E-state index is 12.6. The van der Waals surface area contributed by atoms with Crippen LogP contribution >= 0.6 is 0 Å². The third-order valence-electron chi connectivity index (χ3n) is 4.13. The molecule has 5 nitrogen and oxygen atoms in total. The molecular formula is C16H20N4O. The lowest BCUT2D eigenvalue weighted by Crippen LogP contribution is -2.31. The van der Waals surface area contributed by atoms with Gasteiger partial charge < -0.3 is 4.90 Å². The monoisotopic (exact) mass is 284 g/mol. The van der Waals surface area contributed by atoms with Crippen LogP contribution in [0, 0.1) is 0 Å². The van der Waals surface area contributed by atoms with E-state index in [9.17, 15) is 4.79 Å². The molecule has 1 aliphatic carbocycles. The SMILES string of the molecule is CC(C)c1nc(C(=O)N(C)C2CCc3ccccc32)n[nH]1. The lowest BCUT2D eigenvalue weighted by molar-refractivity contribution is 0.0718. The Bertz CT molecular complexity index is 662. The summed E-state index contributed by atoms with van der Waals surface area (Å²) in [6.45, 7) is 4.04. The first kappa shape index (κ1) is 13.8. The second-order valence-corrected chi connectivity index (χ2v) is 5.87. The van der Waals surface area contributed by atoms with Crippen molar-refractivity contribution in [2.45, 2.75) is 38.6 Å². The molecule has 0 radical (unpaired) electrons. The molecule has 0 fully saturated rings. The normalized spacial score (nSPS) is 17.0. The highest BCUT2D eigenvalue weighted by Crippen LogP contribution is 2.35. The first-order valence-corrected chi connectivity index (χ1v) is 7.35. The maximum Gasteiger partial charge on any atom is 0.293 e. The smallest absolute Gasteiger partial charge is 0.293 e. The van der Waals surface area contributed by atoms with E-state index in [1.165, 1.54) is 11.1 Å². The van der Waals surface area contributed by atoms with E-state index in [0.717, 1.165) is 18.7 Å². The van der Waals surface area contributed by atoms with Crippen molar-refractivity contribution in [2.75, 3.05) is 7.05 Å². The Balaban J connectivity index is 1.82. The first-order valence-electron chi connectivity index (χ1n) is 7.35. The highest BCUT2D eigenvalue weighted by molar-refractivity contribution is 5.90. The molecule has 21 heavy (non-hydrogen) atoms. The zero-order valence-corrected chi connectivity index (χ0v) is 12.6. The van der Waals surface area contributed by atoms with Crippen molar-refractivity contribution in [3.63, 3.8) is 0 Å². The van der Waals surface area contributed by atoms with Crippen molar-refractivity contribution in [1.29, 1.82) is 0 Å². The van der Waals surface area contributed by atoms with E-state index in [0.29, 0.717) is 0 Å². The lowest BCUT2D eigenvalue weighted by Gasteiger charge is -2.24. The number of carbonyl (C=O) groups excluding carboxylic acids is 1. The quantitative estimate of drug-likeness (QED) is 0.942. The molecule has 0 bridgehead atoms. The third kappa shape index (κ3) is 2.44. The highest BCUT2D eigenvalue weighted by atomic mass is 16.2. The Labute approximate surface area is 124 Å². The fourth-order valence-corrected chi connectivity index (χ4v) is 2.86. The Morgan fingerprint density at radius 1 is 1.38 bits per heavy atom. The van der Waals surface area contributed by atoms with Crippen LogP contribution in [0.2, 0.25) is 0 Å². The van der Waals surface area contributed by atoms with Crippen LogP contribution in [0.1, 0.15) is 59.8 Å². The van der Waals surface area contributed by atoms with Gasteiger partial charge in [-0.2, -0.15) is 0 Å². The number of amides is 1. The molecule has 5 heteroatoms. The number of aromatic amines is 1. The number of nitrogens with zero attached hydrogens (tertiary/aromatic N) is 3. The van der Waals surface area contributed by atoms with Gasteiger partial charge in [0.25, 0.3) is 5.91 Å². The summed E-state index contributed by atoms with van der Waals surface area (Å²) in [6.07, 6.45) is 1.98. The number of benzene rings is 1. The van der Waals surface area contributed by atoms with Crippen LogP contribution in [0.3, 0.4) is 0 Å². The largest absolute Gasteiger partial charge is 0.332 e. The molecule has 2 aromatic rings. The number of aryl methyl sites for hydroxylation is 1. The van der Waals surface area contributed by atoms with Gasteiger partial charge in [0.1, 0.15) is 5.82 Å². The molecule has 1 heterocycles. The minimum absolute atomic E-state index is 0.120. The lowest BCUT2D eigenvalue weighted by atomic mass is 10.1. The number of carbonyl (C=O) groups is 1. The molecule has 0 spiro atoms. The summed E-state index contributed by atoms with van der Waals surface area (Å²) in [5.74, 6) is 1.11. The topological polar surface area (TPSA) is 61.9 Å². The fraction of sp³-hybridized carbons (Fsp3) is 0.438. The van der Waals surface area contributed by atoms with Crippen LogP contribution in [-0.4, -0.2) is 33.0 Å². The van der Waals surface area contributed by atoms with Gasteiger partial charge in [-0.15, -0.1) is 5.10 Å². The molecule has 1 aliphatic rings. The summed E-state index contributed by atoms with van der Waals surface area (Å²) in [5, 5.41) is 6.90. The van der Waals surface area contributed by atoms with Gasteiger partial charge in [0.2, 0.25) is 5.82 Å². The summed E-state index contributed by atoms with van der Waals surface area (Å²) in [7, 11) is 1.83. The molecule has 3 rings (SSSR count). The van der Waals surface area contributed by atoms with Crippen LogP contribution in [0.25, 0.3) is 0 Å². The number of nitrogens with one attached hydrogen (secondary N) is 1. The molecule has 1 N–H and O–H groups in total. The molecule has 1 aromatic heterocycles. The van der Waals surface area contributed by atoms with E-state index in [-0.39, 0.29) is 23.7 Å². The minimum Gasteiger partial charge on any atom is -0.332 e. The molecule has 1 unspecified atom stereocenters. The number of aromatic nitrogens is 3. The van der Waals surface area contributed by atoms with Crippen molar-refractivity contribution in [3.8, 4) is 0 Å². The molecule has 1 atom stereocenters. The average molecular weight is 284 g/mol. The van der Waals surface area contributed by atoms with Crippen LogP contribution in [0.5, 0.6) is 0 Å². The molecule has 0 aliphatic heterocycles. The van der Waals surface area contributed by atoms with Crippen molar-refractivity contribution >= 4 is 5.91 Å². The fourth-order valence-electron chi connectivity index (χ4n) is 2.86. The summed E-state index contributed by atoms with van der Waals surface area (Å²) >= 11 is 0. The molecular weight excluding hydrogens is 264 g/mol. The van der Waals surface area contributed by atoms with Crippen LogP contribution in [-0.2, 0) is 6.42 Å². The van der Waals surface area contributed by atoms with E-state index in [4.69, 9.17) is 0 Å². The van der Waals surface area contributed by atoms with Gasteiger partial charge in [-0.25, -0.2) is 4.98 Å². The molecule has 1 amide bonds. The number of fused-ring (bicyclic) bond motifs is 1. The molecule has 0 saturated heterocycles. The van der Waals surface area contributed by atoms with Gasteiger partial charge in [0.15, 0.2) is 0 Å². The number of hydrogen-bond acceptors (Lipinski definition) is 3. The summed E-state index contributed by atoms with van der Waals surface area (Å²) in [5.41, 5.74) is 2.58. The highest BCUT2D eigenvalue weighted by Gasteiger charge is 2.30. The maximum atomic E-state index is 12.6. The van der Waals surface area contributed by atoms with E-state index in [1.807, 2.05) is 33.0 Å². The first-order chi connectivity index (χ1) is 10.1. The van der Waals surface area contributed by atoms with E-state index in [2.05, 4.69) is 27.3 Å². The standard InChI is InChI=1S/C16H20N4O/c1-10(2)14-17-15(19-18-14)16(21)20(3)13-9-8-11-6-4-5-7-12(11)13/h4-7,10,13H,8-9H2,1-3H3,(H,17,18,19). The minimum atomic E-state index is -0.125. The Morgan fingerprint density at radius 3 is 2.86 bits per heavy atom. The number of H-pyrrole nitrogens is 1. The Morgan fingerprint density at radius 2 is 2.14 bits per heavy atom. The summed E-state index contributed by atoms with van der Waals surface area (Å²) in [4.78, 5) is 18.6. The molecule has 110 valence electrons. The number of hydrogen-bond donors (Lipinski definition) is 1. The van der Waals surface area contributed by atoms with E-state index < -0.39 is 0 Å². The zero-order valence-electron chi connectivity index (χ0n) is 12.6. The number of rotatable bonds is 3. The van der Waals surface area contributed by atoms with Gasteiger partial charge in [0.05, 0.1) is 6.04 Å². The average Bonchev–Trinajstić information content (AvgIpc) is 3.12. The Kier molecular flexibility index (Phi) is 3.49. The van der Waals surface area contributed by atoms with Gasteiger partial charge in [-0.3, -0.25) is 9.89 Å². The summed E-state index contributed by atoms with van der Waals surface area (Å²) < 4.78 is 0. The second-order valence-electron chi connectivity index (χ2n) is 5.87. The van der Waals surface area contributed by atoms with E-state index in [1.54, 1.807) is 4.90 Å². The second kappa shape index (κ2) is 5.31. The van der Waals surface area contributed by atoms with Gasteiger partial charge in [0, 0.05) is 13.0 Å². The van der Waals surface area contributed by atoms with Crippen molar-refractivity contribution in [3.05, 3.63) is 47.0 Å².